The number of aliphatic carboxylic acids is 1. The van der Waals surface area contributed by atoms with Crippen molar-refractivity contribution in [2.24, 2.45) is 0 Å². The quantitative estimate of drug-likeness (QED) is 0.192. The Morgan fingerprint density at radius 3 is 2.03 bits per heavy atom. The number of unbranched alkanes of at least 4 members (excludes halogenated alkanes) is 8. The van der Waals surface area contributed by atoms with E-state index in [0.717, 1.165) is 44.9 Å². The van der Waals surface area contributed by atoms with Gasteiger partial charge in [0.1, 0.15) is 6.04 Å². The number of rotatable bonds is 20. The summed E-state index contributed by atoms with van der Waals surface area (Å²) in [7, 11) is 3.50. The summed E-state index contributed by atoms with van der Waals surface area (Å²) >= 11 is 0. The van der Waals surface area contributed by atoms with Crippen molar-refractivity contribution in [3.05, 3.63) is 24.3 Å². The van der Waals surface area contributed by atoms with Crippen LogP contribution >= 0.6 is 0 Å². The van der Waals surface area contributed by atoms with E-state index in [1.165, 1.54) is 25.7 Å². The molecule has 1 atom stereocenters. The number of amides is 2. The third-order valence-corrected chi connectivity index (χ3v) is 4.95. The molecule has 7 heteroatoms. The first-order valence-electron chi connectivity index (χ1n) is 12.1. The highest BCUT2D eigenvalue weighted by atomic mass is 16.4. The van der Waals surface area contributed by atoms with Gasteiger partial charge >= 0.3 is 5.97 Å². The molecule has 184 valence electrons. The SMILES string of the molecule is CCCCCC=CCC=CCCCCCCCC(=O)NC(CNC(=O)CN(C)C)C(=O)O. The third kappa shape index (κ3) is 19.8. The largest absolute Gasteiger partial charge is 0.480 e. The molecule has 0 saturated heterocycles. The number of hydrogen-bond donors (Lipinski definition) is 3. The average molecular weight is 452 g/mol. The van der Waals surface area contributed by atoms with E-state index in [9.17, 15) is 19.5 Å². The van der Waals surface area contributed by atoms with Gasteiger partial charge in [-0.2, -0.15) is 0 Å². The van der Waals surface area contributed by atoms with Crippen molar-refractivity contribution in [1.29, 1.82) is 0 Å². The molecule has 0 aliphatic heterocycles. The summed E-state index contributed by atoms with van der Waals surface area (Å²) in [6.07, 6.45) is 21.5. The van der Waals surface area contributed by atoms with E-state index in [1.807, 2.05) is 0 Å². The number of hydrogen-bond acceptors (Lipinski definition) is 4. The van der Waals surface area contributed by atoms with Crippen LogP contribution in [0.15, 0.2) is 24.3 Å². The van der Waals surface area contributed by atoms with Crippen molar-refractivity contribution in [1.82, 2.24) is 15.5 Å². The number of carboxylic acids is 1. The van der Waals surface area contributed by atoms with Crippen LogP contribution in [-0.2, 0) is 14.4 Å². The minimum atomic E-state index is -1.15. The molecule has 2 amide bonds. The van der Waals surface area contributed by atoms with Gasteiger partial charge in [-0.1, -0.05) is 63.3 Å². The number of carboxylic acid groups (broad SMARTS) is 1. The summed E-state index contributed by atoms with van der Waals surface area (Å²) in [5.41, 5.74) is 0. The van der Waals surface area contributed by atoms with Crippen LogP contribution in [-0.4, -0.2) is 61.0 Å². The number of carbonyl (C=O) groups excluding carboxylic acids is 2. The number of nitrogens with one attached hydrogen (secondary N) is 2. The molecule has 7 nitrogen and oxygen atoms in total. The molecule has 0 spiro atoms. The van der Waals surface area contributed by atoms with Gasteiger partial charge in [0, 0.05) is 13.0 Å². The van der Waals surface area contributed by atoms with Crippen LogP contribution in [0.4, 0.5) is 0 Å². The lowest BCUT2D eigenvalue weighted by Crippen LogP contribution is -2.49. The molecule has 0 bridgehead atoms. The lowest BCUT2D eigenvalue weighted by atomic mass is 10.1. The Morgan fingerprint density at radius 2 is 1.44 bits per heavy atom. The van der Waals surface area contributed by atoms with Gasteiger partial charge in [-0.3, -0.25) is 9.59 Å². The maximum absolute atomic E-state index is 12.0. The average Bonchev–Trinajstić information content (AvgIpc) is 2.73. The van der Waals surface area contributed by atoms with Gasteiger partial charge in [0.15, 0.2) is 0 Å². The Hall–Kier alpha value is -2.15. The van der Waals surface area contributed by atoms with Crippen molar-refractivity contribution in [3.8, 4) is 0 Å². The Kier molecular flexibility index (Phi) is 19.3. The van der Waals surface area contributed by atoms with Gasteiger partial charge in [0.05, 0.1) is 6.54 Å². The lowest BCUT2D eigenvalue weighted by molar-refractivity contribution is -0.141. The minimum absolute atomic E-state index is 0.115. The molecular formula is C25H45N3O4. The first-order chi connectivity index (χ1) is 15.4. The summed E-state index contributed by atoms with van der Waals surface area (Å²) in [5, 5.41) is 14.3. The first-order valence-corrected chi connectivity index (χ1v) is 12.1. The summed E-state index contributed by atoms with van der Waals surface area (Å²) in [6.45, 7) is 2.28. The monoisotopic (exact) mass is 451 g/mol. The maximum Gasteiger partial charge on any atom is 0.328 e. The minimum Gasteiger partial charge on any atom is -0.480 e. The van der Waals surface area contributed by atoms with Gasteiger partial charge in [0.25, 0.3) is 0 Å². The van der Waals surface area contributed by atoms with Crippen LogP contribution in [0.25, 0.3) is 0 Å². The number of nitrogens with zero attached hydrogens (tertiary/aromatic N) is 1. The molecule has 0 aliphatic carbocycles. The maximum atomic E-state index is 12.0. The van der Waals surface area contributed by atoms with Crippen LogP contribution in [0, 0.1) is 0 Å². The van der Waals surface area contributed by atoms with Crippen LogP contribution in [0.5, 0.6) is 0 Å². The van der Waals surface area contributed by atoms with Crippen molar-refractivity contribution in [2.45, 2.75) is 90.0 Å². The van der Waals surface area contributed by atoms with E-state index in [2.05, 4.69) is 41.9 Å². The molecule has 0 aliphatic rings. The second-order valence-corrected chi connectivity index (χ2v) is 8.48. The molecule has 1 unspecified atom stereocenters. The van der Waals surface area contributed by atoms with Gasteiger partial charge in [-0.15, -0.1) is 0 Å². The van der Waals surface area contributed by atoms with E-state index >= 15 is 0 Å². The van der Waals surface area contributed by atoms with Crippen molar-refractivity contribution in [2.75, 3.05) is 27.2 Å². The fourth-order valence-corrected chi connectivity index (χ4v) is 3.12. The second-order valence-electron chi connectivity index (χ2n) is 8.48. The smallest absolute Gasteiger partial charge is 0.328 e. The van der Waals surface area contributed by atoms with Crippen LogP contribution in [0.2, 0.25) is 0 Å². The zero-order chi connectivity index (χ0) is 24.0. The van der Waals surface area contributed by atoms with Crippen molar-refractivity contribution >= 4 is 17.8 Å². The molecule has 0 aromatic rings. The molecule has 32 heavy (non-hydrogen) atoms. The second kappa shape index (κ2) is 20.7. The van der Waals surface area contributed by atoms with Gasteiger partial charge in [-0.25, -0.2) is 4.79 Å². The van der Waals surface area contributed by atoms with Crippen LogP contribution in [0.3, 0.4) is 0 Å². The third-order valence-electron chi connectivity index (χ3n) is 4.95. The summed E-state index contributed by atoms with van der Waals surface area (Å²) in [4.78, 5) is 36.6. The highest BCUT2D eigenvalue weighted by molar-refractivity contribution is 5.84. The summed E-state index contributed by atoms with van der Waals surface area (Å²) in [5.74, 6) is -1.71. The molecule has 0 fully saturated rings. The number of carbonyl (C=O) groups is 3. The van der Waals surface area contributed by atoms with Gasteiger partial charge < -0.3 is 20.6 Å². The number of allylic oxidation sites excluding steroid dienone is 4. The Balaban J connectivity index is 3.75. The first kappa shape index (κ1) is 29.9. The molecule has 0 aromatic heterocycles. The standard InChI is InChI=1S/C25H45N3O4/c1-4-5-6-7-8-9-10-11-12-13-14-15-16-17-18-19-23(29)27-22(25(31)32)20-26-24(30)21-28(2)3/h8-9,11-12,22H,4-7,10,13-21H2,1-3H3,(H,26,30)(H,27,29)(H,31,32). The fraction of sp³-hybridized carbons (Fsp3) is 0.720. The highest BCUT2D eigenvalue weighted by Crippen LogP contribution is 2.08. The van der Waals surface area contributed by atoms with Crippen molar-refractivity contribution in [3.63, 3.8) is 0 Å². The van der Waals surface area contributed by atoms with Crippen LogP contribution in [0.1, 0.15) is 84.0 Å². The van der Waals surface area contributed by atoms with E-state index < -0.39 is 12.0 Å². The fourth-order valence-electron chi connectivity index (χ4n) is 3.12. The normalized spacial score (nSPS) is 12.5. The van der Waals surface area contributed by atoms with Gasteiger partial charge in [0.2, 0.25) is 11.8 Å². The molecule has 0 heterocycles. The lowest BCUT2D eigenvalue weighted by Gasteiger charge is -2.16. The molecule has 0 radical (unpaired) electrons. The van der Waals surface area contributed by atoms with E-state index in [4.69, 9.17) is 0 Å². The molecular weight excluding hydrogens is 406 g/mol. The predicted molar refractivity (Wildman–Crippen MR) is 130 cm³/mol. The van der Waals surface area contributed by atoms with Crippen molar-refractivity contribution < 1.29 is 19.5 Å². The van der Waals surface area contributed by atoms with E-state index in [0.29, 0.717) is 6.42 Å². The summed E-state index contributed by atoms with van der Waals surface area (Å²) < 4.78 is 0. The Labute approximate surface area is 194 Å². The predicted octanol–water partition coefficient (Wildman–Crippen LogP) is 4.05. The zero-order valence-electron chi connectivity index (χ0n) is 20.4. The molecule has 0 rings (SSSR count). The summed E-state index contributed by atoms with van der Waals surface area (Å²) in [6, 6.07) is -1.11. The van der Waals surface area contributed by atoms with E-state index in [1.54, 1.807) is 19.0 Å². The molecule has 3 N–H and O–H groups in total. The highest BCUT2D eigenvalue weighted by Gasteiger charge is 2.20. The molecule has 0 saturated carbocycles. The topological polar surface area (TPSA) is 98.7 Å². The Morgan fingerprint density at radius 1 is 0.844 bits per heavy atom. The molecule has 0 aromatic carbocycles. The Bertz CT molecular complexity index is 574. The zero-order valence-corrected chi connectivity index (χ0v) is 20.4. The van der Waals surface area contributed by atoms with Crippen LogP contribution < -0.4 is 10.6 Å². The number of likely N-dealkylation sites (N-methyl/N-ethyl adjacent to an activating group) is 1. The van der Waals surface area contributed by atoms with Gasteiger partial charge in [-0.05, 0) is 52.6 Å². The van der Waals surface area contributed by atoms with E-state index in [-0.39, 0.29) is 24.9 Å².